The molecule has 0 bridgehead atoms. The van der Waals surface area contributed by atoms with Gasteiger partial charge in [0.2, 0.25) is 0 Å². The van der Waals surface area contributed by atoms with Gasteiger partial charge in [-0.3, -0.25) is 0 Å². The molecule has 0 radical (unpaired) electrons. The number of carboxylic acids is 1. The molecule has 1 atom stereocenters. The van der Waals surface area contributed by atoms with Crippen molar-refractivity contribution < 1.29 is 9.90 Å². The van der Waals surface area contributed by atoms with Crippen LogP contribution in [0.25, 0.3) is 0 Å². The number of hydrogen-bond donors (Lipinski definition) is 0. The molecule has 0 aromatic heterocycles. The fourth-order valence-corrected chi connectivity index (χ4v) is 2.02. The fraction of sp³-hybridized carbons (Fsp3) is 0.900. The van der Waals surface area contributed by atoms with Crippen LogP contribution in [0.4, 0.5) is 0 Å². The molecular weight excluding hydrogens is 152 g/mol. The van der Waals surface area contributed by atoms with Crippen LogP contribution >= 0.6 is 0 Å². The lowest BCUT2D eigenvalue weighted by atomic mass is 9.83. The van der Waals surface area contributed by atoms with Crippen molar-refractivity contribution in [3.05, 3.63) is 0 Å². The zero-order valence-electron chi connectivity index (χ0n) is 7.71. The van der Waals surface area contributed by atoms with Crippen molar-refractivity contribution in [3.8, 4) is 0 Å². The Hall–Kier alpha value is -0.530. The summed E-state index contributed by atoms with van der Waals surface area (Å²) in [4.78, 5) is 10.5. The van der Waals surface area contributed by atoms with Crippen molar-refractivity contribution in [2.45, 2.75) is 45.4 Å². The smallest absolute Gasteiger partial charge is 0.0442 e. The van der Waals surface area contributed by atoms with Crippen molar-refractivity contribution in [3.63, 3.8) is 0 Å². The molecule has 2 nitrogen and oxygen atoms in total. The predicted octanol–water partition coefficient (Wildman–Crippen LogP) is 1.34. The van der Waals surface area contributed by atoms with Crippen LogP contribution in [-0.4, -0.2) is 5.97 Å². The number of carbonyl (C=O) groups excluding carboxylic acids is 1. The minimum Gasteiger partial charge on any atom is -0.550 e. The molecule has 1 aliphatic carbocycles. The molecule has 1 unspecified atom stereocenters. The third-order valence-corrected chi connectivity index (χ3v) is 2.81. The van der Waals surface area contributed by atoms with Crippen molar-refractivity contribution in [1.29, 1.82) is 0 Å². The van der Waals surface area contributed by atoms with E-state index in [-0.39, 0.29) is 5.92 Å². The minimum atomic E-state index is -0.888. The van der Waals surface area contributed by atoms with Gasteiger partial charge in [0.15, 0.2) is 0 Å². The Labute approximate surface area is 74.0 Å². The van der Waals surface area contributed by atoms with Gasteiger partial charge >= 0.3 is 0 Å². The molecular formula is C10H17O2-. The molecule has 0 amide bonds. The van der Waals surface area contributed by atoms with Crippen LogP contribution < -0.4 is 5.11 Å². The summed E-state index contributed by atoms with van der Waals surface area (Å²) in [6.45, 7) is 1.75. The maximum Gasteiger partial charge on any atom is 0.0442 e. The number of carboxylic acid groups (broad SMARTS) is 1. The number of aliphatic carboxylic acids is 1. The van der Waals surface area contributed by atoms with E-state index in [0.29, 0.717) is 5.92 Å². The van der Waals surface area contributed by atoms with Gasteiger partial charge in [0.05, 0.1) is 0 Å². The van der Waals surface area contributed by atoms with Gasteiger partial charge in [-0.05, 0) is 18.3 Å². The monoisotopic (exact) mass is 169 g/mol. The number of hydrogen-bond acceptors (Lipinski definition) is 2. The van der Waals surface area contributed by atoms with Gasteiger partial charge in [-0.1, -0.05) is 39.0 Å². The SMILES string of the molecule is CC(CC1CCCCC1)C(=O)[O-]. The Morgan fingerprint density at radius 3 is 2.50 bits per heavy atom. The first kappa shape index (κ1) is 9.56. The van der Waals surface area contributed by atoms with Crippen LogP contribution in [0.5, 0.6) is 0 Å². The average molecular weight is 169 g/mol. The van der Waals surface area contributed by atoms with Crippen LogP contribution in [0.2, 0.25) is 0 Å². The summed E-state index contributed by atoms with van der Waals surface area (Å²) in [5.41, 5.74) is 0. The fourth-order valence-electron chi connectivity index (χ4n) is 2.02. The zero-order chi connectivity index (χ0) is 8.97. The minimum absolute atomic E-state index is 0.256. The molecule has 0 aromatic carbocycles. The van der Waals surface area contributed by atoms with E-state index in [2.05, 4.69) is 0 Å². The highest BCUT2D eigenvalue weighted by Crippen LogP contribution is 2.28. The van der Waals surface area contributed by atoms with E-state index in [9.17, 15) is 9.90 Å². The Kier molecular flexibility index (Phi) is 3.57. The lowest BCUT2D eigenvalue weighted by Gasteiger charge is -2.24. The van der Waals surface area contributed by atoms with E-state index >= 15 is 0 Å². The second kappa shape index (κ2) is 4.48. The largest absolute Gasteiger partial charge is 0.550 e. The molecule has 0 heterocycles. The topological polar surface area (TPSA) is 40.1 Å². The van der Waals surface area contributed by atoms with E-state index in [1.807, 2.05) is 0 Å². The molecule has 0 aromatic rings. The van der Waals surface area contributed by atoms with E-state index in [0.717, 1.165) is 6.42 Å². The summed E-state index contributed by atoms with van der Waals surface area (Å²) in [5.74, 6) is -0.500. The molecule has 0 aliphatic heterocycles. The van der Waals surface area contributed by atoms with Crippen LogP contribution in [0.3, 0.4) is 0 Å². The predicted molar refractivity (Wildman–Crippen MR) is 45.4 cm³/mol. The van der Waals surface area contributed by atoms with Crippen molar-refractivity contribution in [1.82, 2.24) is 0 Å². The third kappa shape index (κ3) is 2.84. The van der Waals surface area contributed by atoms with E-state index in [4.69, 9.17) is 0 Å². The van der Waals surface area contributed by atoms with Gasteiger partial charge in [-0.2, -0.15) is 0 Å². The van der Waals surface area contributed by atoms with Crippen LogP contribution in [0.1, 0.15) is 45.4 Å². The molecule has 0 saturated heterocycles. The van der Waals surface area contributed by atoms with Crippen molar-refractivity contribution in [2.24, 2.45) is 11.8 Å². The molecule has 70 valence electrons. The van der Waals surface area contributed by atoms with Gasteiger partial charge in [-0.25, -0.2) is 0 Å². The van der Waals surface area contributed by atoms with E-state index in [1.165, 1.54) is 32.1 Å². The standard InChI is InChI=1S/C10H18O2/c1-8(10(11)12)7-9-5-3-2-4-6-9/h8-9H,2-7H2,1H3,(H,11,12)/p-1. The molecule has 2 heteroatoms. The van der Waals surface area contributed by atoms with E-state index in [1.54, 1.807) is 6.92 Å². The molecule has 1 aliphatic rings. The highest BCUT2D eigenvalue weighted by atomic mass is 16.4. The summed E-state index contributed by atoms with van der Waals surface area (Å²) in [5, 5.41) is 10.5. The zero-order valence-corrected chi connectivity index (χ0v) is 7.71. The Bertz CT molecular complexity index is 148. The summed E-state index contributed by atoms with van der Waals surface area (Å²) >= 11 is 0. The summed E-state index contributed by atoms with van der Waals surface area (Å²) < 4.78 is 0. The first-order valence-electron chi connectivity index (χ1n) is 4.91. The first-order valence-corrected chi connectivity index (χ1v) is 4.91. The molecule has 0 spiro atoms. The maximum absolute atomic E-state index is 10.5. The number of rotatable bonds is 3. The van der Waals surface area contributed by atoms with Crippen molar-refractivity contribution in [2.75, 3.05) is 0 Å². The summed E-state index contributed by atoms with van der Waals surface area (Å²) in [7, 11) is 0. The normalized spacial score (nSPS) is 22.1. The second-order valence-electron chi connectivity index (χ2n) is 3.96. The van der Waals surface area contributed by atoms with Crippen LogP contribution in [0, 0.1) is 11.8 Å². The summed E-state index contributed by atoms with van der Waals surface area (Å²) in [6, 6.07) is 0. The van der Waals surface area contributed by atoms with Crippen LogP contribution in [-0.2, 0) is 4.79 Å². The lowest BCUT2D eigenvalue weighted by molar-refractivity contribution is -0.311. The summed E-state index contributed by atoms with van der Waals surface area (Å²) in [6.07, 6.45) is 7.16. The highest BCUT2D eigenvalue weighted by Gasteiger charge is 2.16. The quantitative estimate of drug-likeness (QED) is 0.639. The van der Waals surface area contributed by atoms with Gasteiger partial charge in [0, 0.05) is 5.97 Å². The van der Waals surface area contributed by atoms with Crippen LogP contribution in [0.15, 0.2) is 0 Å². The lowest BCUT2D eigenvalue weighted by Crippen LogP contribution is -2.31. The third-order valence-electron chi connectivity index (χ3n) is 2.81. The maximum atomic E-state index is 10.5. The highest BCUT2D eigenvalue weighted by molar-refractivity contribution is 5.66. The second-order valence-corrected chi connectivity index (χ2v) is 3.96. The number of carbonyl (C=O) groups is 1. The van der Waals surface area contributed by atoms with Gasteiger partial charge in [0.1, 0.15) is 0 Å². The van der Waals surface area contributed by atoms with Gasteiger partial charge in [-0.15, -0.1) is 0 Å². The Morgan fingerprint density at radius 1 is 1.42 bits per heavy atom. The Morgan fingerprint density at radius 2 is 2.00 bits per heavy atom. The molecule has 1 rings (SSSR count). The van der Waals surface area contributed by atoms with Crippen molar-refractivity contribution >= 4 is 5.97 Å². The molecule has 1 fully saturated rings. The van der Waals surface area contributed by atoms with E-state index < -0.39 is 5.97 Å². The molecule has 1 saturated carbocycles. The first-order chi connectivity index (χ1) is 5.70. The van der Waals surface area contributed by atoms with Gasteiger partial charge < -0.3 is 9.90 Å². The average Bonchev–Trinajstić information content (AvgIpc) is 2.06. The Balaban J connectivity index is 2.24. The molecule has 12 heavy (non-hydrogen) atoms. The molecule has 0 N–H and O–H groups in total. The van der Waals surface area contributed by atoms with Gasteiger partial charge in [0.25, 0.3) is 0 Å².